The average Bonchev–Trinajstić information content (AvgIpc) is 2.46. The van der Waals surface area contributed by atoms with Crippen LogP contribution in [0.5, 0.6) is 0 Å². The van der Waals surface area contributed by atoms with Crippen LogP contribution in [0.25, 0.3) is 0 Å². The summed E-state index contributed by atoms with van der Waals surface area (Å²) in [7, 11) is 4.01. The molecule has 0 atom stereocenters. The number of benzene rings is 2. The predicted octanol–water partition coefficient (Wildman–Crippen LogP) is 3.45. The van der Waals surface area contributed by atoms with Gasteiger partial charge >= 0.3 is 0 Å². The van der Waals surface area contributed by atoms with E-state index >= 15 is 0 Å². The van der Waals surface area contributed by atoms with Crippen LogP contribution in [0.1, 0.15) is 15.9 Å². The van der Waals surface area contributed by atoms with Crippen LogP contribution >= 0.6 is 15.9 Å². The van der Waals surface area contributed by atoms with Crippen LogP contribution in [0.4, 0.5) is 5.69 Å². The van der Waals surface area contributed by atoms with Crippen molar-refractivity contribution in [2.24, 2.45) is 0 Å². The van der Waals surface area contributed by atoms with Gasteiger partial charge in [0.1, 0.15) is 0 Å². The first-order valence-electron chi connectivity index (χ1n) is 6.36. The van der Waals surface area contributed by atoms with Gasteiger partial charge in [0.2, 0.25) is 0 Å². The Bertz CT molecular complexity index is 576. The third-order valence-electron chi connectivity index (χ3n) is 3.01. The average molecular weight is 333 g/mol. The molecule has 0 aromatic heterocycles. The number of carbonyl (C=O) groups excluding carboxylic acids is 1. The lowest BCUT2D eigenvalue weighted by Crippen LogP contribution is -2.22. The smallest absolute Gasteiger partial charge is 0.251 e. The van der Waals surface area contributed by atoms with E-state index in [4.69, 9.17) is 0 Å². The quantitative estimate of drug-likeness (QED) is 0.930. The summed E-state index contributed by atoms with van der Waals surface area (Å²) in [5.41, 5.74) is 2.90. The minimum Gasteiger partial charge on any atom is -0.378 e. The third kappa shape index (κ3) is 3.84. The molecule has 0 spiro atoms. The van der Waals surface area contributed by atoms with Gasteiger partial charge in [-0.15, -0.1) is 0 Å². The van der Waals surface area contributed by atoms with Crippen molar-refractivity contribution in [3.63, 3.8) is 0 Å². The number of hydrogen-bond donors (Lipinski definition) is 1. The summed E-state index contributed by atoms with van der Waals surface area (Å²) in [6.45, 7) is 0.530. The number of amides is 1. The molecule has 0 heterocycles. The highest BCUT2D eigenvalue weighted by atomic mass is 79.9. The molecule has 1 N–H and O–H groups in total. The van der Waals surface area contributed by atoms with Crippen LogP contribution in [0.15, 0.2) is 53.0 Å². The second-order valence-corrected chi connectivity index (χ2v) is 5.67. The summed E-state index contributed by atoms with van der Waals surface area (Å²) < 4.78 is 0.966. The molecule has 2 aromatic carbocycles. The molecule has 3 nitrogen and oxygen atoms in total. The van der Waals surface area contributed by atoms with Gasteiger partial charge in [-0.3, -0.25) is 4.79 Å². The highest BCUT2D eigenvalue weighted by molar-refractivity contribution is 9.10. The van der Waals surface area contributed by atoms with Crippen molar-refractivity contribution >= 4 is 27.5 Å². The number of rotatable bonds is 4. The Morgan fingerprint density at radius 1 is 1.05 bits per heavy atom. The second kappa shape index (κ2) is 6.57. The van der Waals surface area contributed by atoms with Crippen LogP contribution in [0, 0.1) is 0 Å². The Balaban J connectivity index is 1.94. The summed E-state index contributed by atoms with van der Waals surface area (Å²) in [6, 6.07) is 15.5. The zero-order valence-electron chi connectivity index (χ0n) is 11.6. The zero-order valence-corrected chi connectivity index (χ0v) is 13.1. The fourth-order valence-electron chi connectivity index (χ4n) is 1.80. The monoisotopic (exact) mass is 332 g/mol. The number of hydrogen-bond acceptors (Lipinski definition) is 2. The molecule has 0 bridgehead atoms. The Labute approximate surface area is 127 Å². The molecule has 0 aliphatic rings. The van der Waals surface area contributed by atoms with Gasteiger partial charge < -0.3 is 10.2 Å². The Kier molecular flexibility index (Phi) is 4.79. The zero-order chi connectivity index (χ0) is 14.5. The summed E-state index contributed by atoms with van der Waals surface area (Å²) in [5.74, 6) is -0.0609. The van der Waals surface area contributed by atoms with Crippen molar-refractivity contribution in [1.82, 2.24) is 5.32 Å². The summed E-state index contributed by atoms with van der Waals surface area (Å²) in [4.78, 5) is 14.0. The van der Waals surface area contributed by atoms with Crippen LogP contribution in [-0.2, 0) is 6.54 Å². The van der Waals surface area contributed by atoms with Gasteiger partial charge in [-0.25, -0.2) is 0 Å². The second-order valence-electron chi connectivity index (χ2n) is 4.75. The molecule has 0 aliphatic heterocycles. The lowest BCUT2D eigenvalue weighted by molar-refractivity contribution is 0.0951. The SMILES string of the molecule is CN(C)c1ccc(CNC(=O)c2ccc(Br)cc2)cc1. The normalized spacial score (nSPS) is 10.2. The van der Waals surface area contributed by atoms with E-state index in [-0.39, 0.29) is 5.91 Å². The van der Waals surface area contributed by atoms with Crippen molar-refractivity contribution in [3.05, 3.63) is 64.1 Å². The lowest BCUT2D eigenvalue weighted by atomic mass is 10.2. The number of nitrogens with zero attached hydrogens (tertiary/aromatic N) is 1. The van der Waals surface area contributed by atoms with E-state index < -0.39 is 0 Å². The molecule has 2 rings (SSSR count). The minimum absolute atomic E-state index is 0.0609. The third-order valence-corrected chi connectivity index (χ3v) is 3.54. The van der Waals surface area contributed by atoms with Gasteiger partial charge in [-0.1, -0.05) is 28.1 Å². The van der Waals surface area contributed by atoms with E-state index in [1.807, 2.05) is 55.4 Å². The van der Waals surface area contributed by atoms with E-state index in [1.54, 1.807) is 12.1 Å². The van der Waals surface area contributed by atoms with Gasteiger partial charge in [0.05, 0.1) is 0 Å². The van der Waals surface area contributed by atoms with Gasteiger partial charge in [-0.2, -0.15) is 0 Å². The maximum atomic E-state index is 12.0. The van der Waals surface area contributed by atoms with E-state index in [9.17, 15) is 4.79 Å². The van der Waals surface area contributed by atoms with Gasteiger partial charge in [-0.05, 0) is 42.0 Å². The molecule has 104 valence electrons. The molecule has 0 saturated heterocycles. The predicted molar refractivity (Wildman–Crippen MR) is 86.1 cm³/mol. The van der Waals surface area contributed by atoms with Crippen molar-refractivity contribution in [2.75, 3.05) is 19.0 Å². The Morgan fingerprint density at radius 3 is 2.20 bits per heavy atom. The standard InChI is InChI=1S/C16H17BrN2O/c1-19(2)15-9-3-12(4-10-15)11-18-16(20)13-5-7-14(17)8-6-13/h3-10H,11H2,1-2H3,(H,18,20). The maximum Gasteiger partial charge on any atom is 0.251 e. The van der Waals surface area contributed by atoms with E-state index in [0.29, 0.717) is 12.1 Å². The topological polar surface area (TPSA) is 32.3 Å². The molecule has 2 aromatic rings. The van der Waals surface area contributed by atoms with Crippen molar-refractivity contribution in [2.45, 2.75) is 6.54 Å². The first-order valence-corrected chi connectivity index (χ1v) is 7.15. The largest absolute Gasteiger partial charge is 0.378 e. The Hall–Kier alpha value is -1.81. The number of halogens is 1. The molecule has 0 aliphatic carbocycles. The molecule has 0 radical (unpaired) electrons. The molecule has 0 saturated carbocycles. The fourth-order valence-corrected chi connectivity index (χ4v) is 2.06. The minimum atomic E-state index is -0.0609. The molecule has 0 fully saturated rings. The van der Waals surface area contributed by atoms with Crippen molar-refractivity contribution in [3.8, 4) is 0 Å². The van der Waals surface area contributed by atoms with E-state index in [0.717, 1.165) is 15.7 Å². The van der Waals surface area contributed by atoms with Crippen LogP contribution < -0.4 is 10.2 Å². The number of carbonyl (C=O) groups is 1. The molecular weight excluding hydrogens is 316 g/mol. The van der Waals surface area contributed by atoms with Gasteiger partial charge in [0.25, 0.3) is 5.91 Å². The highest BCUT2D eigenvalue weighted by Gasteiger charge is 2.04. The molecule has 0 unspecified atom stereocenters. The summed E-state index contributed by atoms with van der Waals surface area (Å²) >= 11 is 3.35. The molecule has 4 heteroatoms. The van der Waals surface area contributed by atoms with Gasteiger partial charge in [0.15, 0.2) is 0 Å². The number of nitrogens with one attached hydrogen (secondary N) is 1. The van der Waals surface area contributed by atoms with Crippen LogP contribution in [0.2, 0.25) is 0 Å². The molecular formula is C16H17BrN2O. The summed E-state index contributed by atoms with van der Waals surface area (Å²) in [5, 5.41) is 2.92. The van der Waals surface area contributed by atoms with Crippen LogP contribution in [-0.4, -0.2) is 20.0 Å². The van der Waals surface area contributed by atoms with Crippen LogP contribution in [0.3, 0.4) is 0 Å². The van der Waals surface area contributed by atoms with E-state index in [1.165, 1.54) is 0 Å². The first kappa shape index (κ1) is 14.6. The molecule has 1 amide bonds. The lowest BCUT2D eigenvalue weighted by Gasteiger charge is -2.13. The molecule has 20 heavy (non-hydrogen) atoms. The van der Waals surface area contributed by atoms with Crippen molar-refractivity contribution < 1.29 is 4.79 Å². The van der Waals surface area contributed by atoms with Crippen molar-refractivity contribution in [1.29, 1.82) is 0 Å². The summed E-state index contributed by atoms with van der Waals surface area (Å²) in [6.07, 6.45) is 0. The first-order chi connectivity index (χ1) is 9.56. The van der Waals surface area contributed by atoms with Gasteiger partial charge in [0, 0.05) is 36.4 Å². The maximum absolute atomic E-state index is 12.0. The fraction of sp³-hybridized carbons (Fsp3) is 0.188. The van der Waals surface area contributed by atoms with E-state index in [2.05, 4.69) is 21.2 Å². The Morgan fingerprint density at radius 2 is 1.65 bits per heavy atom. The highest BCUT2D eigenvalue weighted by Crippen LogP contribution is 2.13. The number of anilines is 1.